The van der Waals surface area contributed by atoms with Crippen LogP contribution in [0.25, 0.3) is 5.76 Å². The fraction of sp³-hybridized carbons (Fsp3) is 0.179. The van der Waals surface area contributed by atoms with Gasteiger partial charge in [0.1, 0.15) is 16.5 Å². The van der Waals surface area contributed by atoms with E-state index in [-0.39, 0.29) is 28.7 Å². The van der Waals surface area contributed by atoms with E-state index in [2.05, 4.69) is 6.07 Å². The first kappa shape index (κ1) is 24.3. The Hall–Kier alpha value is -4.42. The number of aryl methyl sites for hydroxylation is 1. The van der Waals surface area contributed by atoms with Crippen LogP contribution in [0.4, 0.5) is 5.69 Å². The number of para-hydroxylation sites is 1. The van der Waals surface area contributed by atoms with E-state index in [4.69, 9.17) is 19.9 Å². The summed E-state index contributed by atoms with van der Waals surface area (Å²) in [5.74, 6) is -0.159. The number of sulfonamides is 1. The van der Waals surface area contributed by atoms with E-state index in [9.17, 15) is 13.7 Å². The Morgan fingerprint density at radius 3 is 2.49 bits per heavy atom. The standard InChI is InChI=1S/C28H25N3O5S/c1-17-7-6-8-18(13-17)16-31-22-10-5-4-9-20(22)26-27(37(31,32)33)25(21(15-29)28(30)36-26)19-11-12-23(34-2)24(14-19)35-3/h4-14,25H,16,30H2,1-3H3. The molecule has 2 heterocycles. The van der Waals surface area contributed by atoms with E-state index < -0.39 is 15.9 Å². The van der Waals surface area contributed by atoms with Gasteiger partial charge in [-0.25, -0.2) is 8.42 Å². The molecule has 2 N–H and O–H groups in total. The summed E-state index contributed by atoms with van der Waals surface area (Å²) in [5, 5.41) is 10.1. The van der Waals surface area contributed by atoms with Gasteiger partial charge in [0.25, 0.3) is 10.0 Å². The van der Waals surface area contributed by atoms with Crippen LogP contribution >= 0.6 is 0 Å². The normalized spacial score (nSPS) is 17.9. The van der Waals surface area contributed by atoms with Gasteiger partial charge in [0.05, 0.1) is 32.4 Å². The molecule has 0 saturated carbocycles. The largest absolute Gasteiger partial charge is 0.493 e. The van der Waals surface area contributed by atoms with Gasteiger partial charge in [-0.05, 0) is 42.3 Å². The number of benzene rings is 3. The lowest BCUT2D eigenvalue weighted by molar-refractivity contribution is 0.352. The molecular weight excluding hydrogens is 490 g/mol. The summed E-state index contributed by atoms with van der Waals surface area (Å²) >= 11 is 0. The van der Waals surface area contributed by atoms with E-state index in [1.165, 1.54) is 18.5 Å². The molecule has 2 aliphatic rings. The van der Waals surface area contributed by atoms with Crippen molar-refractivity contribution in [3.8, 4) is 17.6 Å². The zero-order chi connectivity index (χ0) is 26.3. The van der Waals surface area contributed by atoms with Crippen molar-refractivity contribution in [3.05, 3.63) is 105 Å². The molecule has 0 aromatic heterocycles. The van der Waals surface area contributed by atoms with Crippen molar-refractivity contribution in [2.75, 3.05) is 18.5 Å². The highest BCUT2D eigenvalue weighted by atomic mass is 32.2. The summed E-state index contributed by atoms with van der Waals surface area (Å²) in [7, 11) is -1.17. The van der Waals surface area contributed by atoms with Crippen LogP contribution in [0.3, 0.4) is 0 Å². The number of nitrogens with zero attached hydrogens (tertiary/aromatic N) is 2. The second-order valence-corrected chi connectivity index (χ2v) is 10.6. The van der Waals surface area contributed by atoms with Crippen LogP contribution in [0.5, 0.6) is 11.5 Å². The van der Waals surface area contributed by atoms with Crippen LogP contribution < -0.4 is 19.5 Å². The fourth-order valence-electron chi connectivity index (χ4n) is 4.82. The lowest BCUT2D eigenvalue weighted by Gasteiger charge is -2.38. The first-order valence-corrected chi connectivity index (χ1v) is 13.0. The van der Waals surface area contributed by atoms with Gasteiger partial charge in [0.2, 0.25) is 5.88 Å². The van der Waals surface area contributed by atoms with Crippen LogP contribution in [-0.2, 0) is 21.3 Å². The second-order valence-electron chi connectivity index (χ2n) is 8.75. The molecule has 1 atom stereocenters. The molecule has 0 amide bonds. The molecule has 188 valence electrons. The smallest absolute Gasteiger partial charge is 0.265 e. The molecule has 0 spiro atoms. The average Bonchev–Trinajstić information content (AvgIpc) is 2.90. The lowest BCUT2D eigenvalue weighted by atomic mass is 9.88. The number of nitriles is 1. The molecule has 0 bridgehead atoms. The van der Waals surface area contributed by atoms with Crippen LogP contribution in [0.2, 0.25) is 0 Å². The van der Waals surface area contributed by atoms with Crippen molar-refractivity contribution in [1.29, 1.82) is 5.26 Å². The van der Waals surface area contributed by atoms with E-state index in [1.807, 2.05) is 31.2 Å². The van der Waals surface area contributed by atoms with Gasteiger partial charge in [0.15, 0.2) is 17.3 Å². The van der Waals surface area contributed by atoms with Crippen LogP contribution in [0.1, 0.15) is 28.2 Å². The molecule has 8 nitrogen and oxygen atoms in total. The Bertz CT molecular complexity index is 1620. The summed E-state index contributed by atoms with van der Waals surface area (Å²) in [5.41, 5.74) is 9.62. The summed E-state index contributed by atoms with van der Waals surface area (Å²) in [6.45, 7) is 2.06. The number of fused-ring (bicyclic) bond motifs is 2. The SMILES string of the molecule is COc1ccc(C2C(C#N)=C(N)OC3=C2S(=O)(=O)N(Cc2cccc(C)c2)c2ccccc23)cc1OC. The molecule has 9 heteroatoms. The molecular formula is C28H25N3O5S. The second kappa shape index (κ2) is 9.22. The van der Waals surface area contributed by atoms with Crippen molar-refractivity contribution in [3.63, 3.8) is 0 Å². The Balaban J connectivity index is 1.76. The maximum atomic E-state index is 14.4. The summed E-state index contributed by atoms with van der Waals surface area (Å²) in [4.78, 5) is -0.0446. The van der Waals surface area contributed by atoms with E-state index in [1.54, 1.807) is 42.5 Å². The Morgan fingerprint density at radius 1 is 1.03 bits per heavy atom. The van der Waals surface area contributed by atoms with Gasteiger partial charge in [-0.1, -0.05) is 48.0 Å². The van der Waals surface area contributed by atoms with Gasteiger partial charge in [-0.3, -0.25) is 4.31 Å². The van der Waals surface area contributed by atoms with Crippen molar-refractivity contribution < 1.29 is 22.6 Å². The minimum absolute atomic E-state index is 0.00410. The fourth-order valence-corrected chi connectivity index (χ4v) is 6.73. The van der Waals surface area contributed by atoms with Crippen LogP contribution in [-0.4, -0.2) is 22.6 Å². The number of ether oxygens (including phenoxy) is 3. The first-order chi connectivity index (χ1) is 17.8. The van der Waals surface area contributed by atoms with Gasteiger partial charge < -0.3 is 19.9 Å². The third kappa shape index (κ3) is 3.96. The number of hydrogen-bond donors (Lipinski definition) is 1. The molecule has 37 heavy (non-hydrogen) atoms. The number of methoxy groups -OCH3 is 2. The Labute approximate surface area is 215 Å². The van der Waals surface area contributed by atoms with E-state index in [0.29, 0.717) is 28.3 Å². The van der Waals surface area contributed by atoms with Crippen molar-refractivity contribution in [1.82, 2.24) is 0 Å². The molecule has 5 rings (SSSR count). The number of allylic oxidation sites excluding steroid dienone is 2. The van der Waals surface area contributed by atoms with Gasteiger partial charge in [0, 0.05) is 5.56 Å². The first-order valence-electron chi connectivity index (χ1n) is 11.5. The molecule has 3 aromatic carbocycles. The summed E-state index contributed by atoms with van der Waals surface area (Å²) in [6, 6.07) is 21.9. The summed E-state index contributed by atoms with van der Waals surface area (Å²) < 4.78 is 46.8. The quantitative estimate of drug-likeness (QED) is 0.531. The monoisotopic (exact) mass is 515 g/mol. The molecule has 3 aromatic rings. The maximum absolute atomic E-state index is 14.4. The molecule has 0 radical (unpaired) electrons. The Kier molecular flexibility index (Phi) is 6.05. The Morgan fingerprint density at radius 2 is 1.78 bits per heavy atom. The van der Waals surface area contributed by atoms with Gasteiger partial charge in [-0.2, -0.15) is 5.26 Å². The summed E-state index contributed by atoms with van der Waals surface area (Å²) in [6.07, 6.45) is 0. The van der Waals surface area contributed by atoms with E-state index in [0.717, 1.165) is 11.1 Å². The highest BCUT2D eigenvalue weighted by Gasteiger charge is 2.47. The zero-order valence-corrected chi connectivity index (χ0v) is 21.4. The number of nitrogens with two attached hydrogens (primary N) is 1. The van der Waals surface area contributed by atoms with Gasteiger partial charge in [-0.15, -0.1) is 0 Å². The predicted molar refractivity (Wildman–Crippen MR) is 140 cm³/mol. The van der Waals surface area contributed by atoms with E-state index >= 15 is 0 Å². The lowest BCUT2D eigenvalue weighted by Crippen LogP contribution is -2.39. The molecule has 2 aliphatic heterocycles. The van der Waals surface area contributed by atoms with Crippen molar-refractivity contribution >= 4 is 21.5 Å². The highest BCUT2D eigenvalue weighted by molar-refractivity contribution is 7.96. The average molecular weight is 516 g/mol. The number of hydrogen-bond acceptors (Lipinski definition) is 7. The highest BCUT2D eigenvalue weighted by Crippen LogP contribution is 2.52. The third-order valence-corrected chi connectivity index (χ3v) is 8.39. The molecule has 0 fully saturated rings. The minimum atomic E-state index is -4.17. The van der Waals surface area contributed by atoms with Crippen LogP contribution in [0, 0.1) is 18.3 Å². The molecule has 1 unspecified atom stereocenters. The van der Waals surface area contributed by atoms with Crippen molar-refractivity contribution in [2.45, 2.75) is 19.4 Å². The third-order valence-electron chi connectivity index (χ3n) is 6.51. The number of anilines is 1. The zero-order valence-electron chi connectivity index (χ0n) is 20.6. The maximum Gasteiger partial charge on any atom is 0.265 e. The van der Waals surface area contributed by atoms with Crippen LogP contribution in [0.15, 0.2) is 83.1 Å². The number of rotatable bonds is 5. The minimum Gasteiger partial charge on any atom is -0.493 e. The predicted octanol–water partition coefficient (Wildman–Crippen LogP) is 4.54. The molecule has 0 saturated heterocycles. The van der Waals surface area contributed by atoms with Crippen molar-refractivity contribution in [2.24, 2.45) is 5.73 Å². The molecule has 0 aliphatic carbocycles. The topological polar surface area (TPSA) is 115 Å². The van der Waals surface area contributed by atoms with Gasteiger partial charge >= 0.3 is 0 Å².